The van der Waals surface area contributed by atoms with E-state index in [1.165, 1.54) is 31.5 Å². The summed E-state index contributed by atoms with van der Waals surface area (Å²) in [6, 6.07) is 12.6. The zero-order valence-electron chi connectivity index (χ0n) is 16.4. The van der Waals surface area contributed by atoms with Crippen LogP contribution in [0.3, 0.4) is 0 Å². The van der Waals surface area contributed by atoms with Gasteiger partial charge < -0.3 is 14.1 Å². The maximum Gasteiger partial charge on any atom is 0.118 e. The highest BCUT2D eigenvalue weighted by Gasteiger charge is 2.20. The van der Waals surface area contributed by atoms with Gasteiger partial charge in [-0.25, -0.2) is 0 Å². The lowest BCUT2D eigenvalue weighted by atomic mass is 9.96. The van der Waals surface area contributed by atoms with E-state index >= 15 is 0 Å². The Bertz CT molecular complexity index is 657. The number of hydrogen-bond acceptors (Lipinski definition) is 4. The first-order valence-corrected chi connectivity index (χ1v) is 9.71. The van der Waals surface area contributed by atoms with Crippen molar-refractivity contribution in [2.24, 2.45) is 5.92 Å². The topological polar surface area (TPSA) is 28.9 Å². The van der Waals surface area contributed by atoms with Crippen LogP contribution in [0.2, 0.25) is 0 Å². The second-order valence-electron chi connectivity index (χ2n) is 7.59. The predicted molar refractivity (Wildman–Crippen MR) is 106 cm³/mol. The lowest BCUT2D eigenvalue weighted by Crippen LogP contribution is -2.38. The normalized spacial score (nSPS) is 16.3. The van der Waals surface area contributed by atoms with E-state index in [-0.39, 0.29) is 0 Å². The Morgan fingerprint density at radius 1 is 1.12 bits per heavy atom. The van der Waals surface area contributed by atoms with Crippen molar-refractivity contribution in [3.8, 4) is 5.75 Å². The highest BCUT2D eigenvalue weighted by molar-refractivity contribution is 5.27. The van der Waals surface area contributed by atoms with Crippen molar-refractivity contribution < 1.29 is 9.15 Å². The summed E-state index contributed by atoms with van der Waals surface area (Å²) in [6.45, 7) is 7.66. The van der Waals surface area contributed by atoms with E-state index in [0.29, 0.717) is 0 Å². The van der Waals surface area contributed by atoms with Crippen molar-refractivity contribution in [3.05, 3.63) is 53.5 Å². The Hall–Kier alpha value is -1.78. The van der Waals surface area contributed by atoms with Crippen LogP contribution in [-0.4, -0.2) is 50.1 Å². The van der Waals surface area contributed by atoms with Gasteiger partial charge in [0.05, 0.1) is 13.7 Å². The van der Waals surface area contributed by atoms with Gasteiger partial charge in [0.25, 0.3) is 0 Å². The highest BCUT2D eigenvalue weighted by atomic mass is 16.5. The lowest BCUT2D eigenvalue weighted by Gasteiger charge is -2.33. The van der Waals surface area contributed by atoms with Gasteiger partial charge in [0.1, 0.15) is 17.3 Å². The fourth-order valence-corrected chi connectivity index (χ4v) is 3.81. The fraction of sp³-hybridized carbons (Fsp3) is 0.545. The number of ether oxygens (including phenoxy) is 1. The van der Waals surface area contributed by atoms with Crippen molar-refractivity contribution >= 4 is 0 Å². The SMILES string of the molecule is COc1ccc(CCN2CCC(CN(C)Cc3ccc(C)o3)CC2)cc1. The van der Waals surface area contributed by atoms with Gasteiger partial charge in [-0.05, 0) is 82.1 Å². The number of methoxy groups -OCH3 is 1. The molecule has 1 fully saturated rings. The Labute approximate surface area is 157 Å². The fourth-order valence-electron chi connectivity index (χ4n) is 3.81. The summed E-state index contributed by atoms with van der Waals surface area (Å²) in [4.78, 5) is 5.01. The minimum atomic E-state index is 0.799. The molecule has 0 N–H and O–H groups in total. The van der Waals surface area contributed by atoms with Crippen molar-refractivity contribution in [2.45, 2.75) is 32.7 Å². The number of nitrogens with zero attached hydrogens (tertiary/aromatic N) is 2. The summed E-state index contributed by atoms with van der Waals surface area (Å²) in [5.74, 6) is 3.80. The molecule has 0 bridgehead atoms. The van der Waals surface area contributed by atoms with Gasteiger partial charge >= 0.3 is 0 Å². The molecule has 0 spiro atoms. The van der Waals surface area contributed by atoms with E-state index in [9.17, 15) is 0 Å². The molecule has 0 aliphatic carbocycles. The van der Waals surface area contributed by atoms with Gasteiger partial charge in [-0.1, -0.05) is 12.1 Å². The molecule has 0 unspecified atom stereocenters. The molecule has 2 aromatic rings. The molecule has 26 heavy (non-hydrogen) atoms. The van der Waals surface area contributed by atoms with Gasteiger partial charge in [0.15, 0.2) is 0 Å². The molecule has 0 amide bonds. The molecule has 0 saturated carbocycles. The summed E-state index contributed by atoms with van der Waals surface area (Å²) >= 11 is 0. The molecule has 1 aromatic carbocycles. The molecule has 1 aliphatic heterocycles. The first-order valence-electron chi connectivity index (χ1n) is 9.71. The number of aryl methyl sites for hydroxylation is 1. The van der Waals surface area contributed by atoms with E-state index in [4.69, 9.17) is 9.15 Å². The summed E-state index contributed by atoms with van der Waals surface area (Å²) in [5, 5.41) is 0. The number of likely N-dealkylation sites (tertiary alicyclic amines) is 1. The van der Waals surface area contributed by atoms with Crippen molar-refractivity contribution in [1.82, 2.24) is 9.80 Å². The van der Waals surface area contributed by atoms with Crippen LogP contribution in [-0.2, 0) is 13.0 Å². The van der Waals surface area contributed by atoms with E-state index in [1.54, 1.807) is 7.11 Å². The first-order chi connectivity index (χ1) is 12.6. The van der Waals surface area contributed by atoms with Crippen molar-refractivity contribution in [2.75, 3.05) is 40.3 Å². The van der Waals surface area contributed by atoms with Gasteiger partial charge in [-0.3, -0.25) is 4.90 Å². The second-order valence-corrected chi connectivity index (χ2v) is 7.59. The van der Waals surface area contributed by atoms with E-state index in [0.717, 1.165) is 49.2 Å². The van der Waals surface area contributed by atoms with Gasteiger partial charge in [-0.2, -0.15) is 0 Å². The zero-order chi connectivity index (χ0) is 18.4. The predicted octanol–water partition coefficient (Wildman–Crippen LogP) is 3.98. The largest absolute Gasteiger partial charge is 0.497 e. The van der Waals surface area contributed by atoms with Crippen LogP contribution in [0.4, 0.5) is 0 Å². The molecule has 1 saturated heterocycles. The monoisotopic (exact) mass is 356 g/mol. The molecule has 3 rings (SSSR count). The van der Waals surface area contributed by atoms with E-state index in [2.05, 4.69) is 47.2 Å². The molecule has 0 radical (unpaired) electrons. The average molecular weight is 357 g/mol. The molecule has 142 valence electrons. The number of hydrogen-bond donors (Lipinski definition) is 0. The molecule has 2 heterocycles. The second kappa shape index (κ2) is 9.24. The first kappa shape index (κ1) is 19.0. The number of furan rings is 1. The summed E-state index contributed by atoms with van der Waals surface area (Å²) in [6.07, 6.45) is 3.71. The molecular weight excluding hydrogens is 324 g/mol. The third-order valence-corrected chi connectivity index (χ3v) is 5.37. The standard InChI is InChI=1S/C22H32N2O2/c1-18-4-7-22(26-18)17-23(2)16-20-11-14-24(15-12-20)13-10-19-5-8-21(25-3)9-6-19/h4-9,20H,10-17H2,1-3H3. The minimum absolute atomic E-state index is 0.799. The van der Waals surface area contributed by atoms with Crippen molar-refractivity contribution in [1.29, 1.82) is 0 Å². The van der Waals surface area contributed by atoms with Gasteiger partial charge in [0, 0.05) is 13.1 Å². The van der Waals surface area contributed by atoms with Crippen molar-refractivity contribution in [3.63, 3.8) is 0 Å². The Balaban J connectivity index is 1.35. The van der Waals surface area contributed by atoms with Crippen LogP contribution in [0.1, 0.15) is 29.9 Å². The number of benzene rings is 1. The Kier molecular flexibility index (Phi) is 6.75. The zero-order valence-corrected chi connectivity index (χ0v) is 16.4. The summed E-state index contributed by atoms with van der Waals surface area (Å²) < 4.78 is 10.9. The molecule has 4 nitrogen and oxygen atoms in total. The maximum absolute atomic E-state index is 5.69. The smallest absolute Gasteiger partial charge is 0.118 e. The van der Waals surface area contributed by atoms with Crippen LogP contribution < -0.4 is 4.74 Å². The maximum atomic E-state index is 5.69. The Morgan fingerprint density at radius 3 is 2.46 bits per heavy atom. The summed E-state index contributed by atoms with van der Waals surface area (Å²) in [5.41, 5.74) is 1.39. The van der Waals surface area contributed by atoms with E-state index < -0.39 is 0 Å². The molecule has 4 heteroatoms. The quantitative estimate of drug-likeness (QED) is 0.715. The number of rotatable bonds is 8. The van der Waals surface area contributed by atoms with Crippen LogP contribution in [0.25, 0.3) is 0 Å². The molecule has 0 atom stereocenters. The van der Waals surface area contributed by atoms with Gasteiger partial charge in [-0.15, -0.1) is 0 Å². The third kappa shape index (κ3) is 5.61. The minimum Gasteiger partial charge on any atom is -0.497 e. The van der Waals surface area contributed by atoms with E-state index in [1.807, 2.05) is 13.0 Å². The van der Waals surface area contributed by atoms with Crippen LogP contribution >= 0.6 is 0 Å². The number of piperidine rings is 1. The molecule has 1 aliphatic rings. The van der Waals surface area contributed by atoms with Crippen LogP contribution in [0.15, 0.2) is 40.8 Å². The average Bonchev–Trinajstić information content (AvgIpc) is 3.06. The molecule has 1 aromatic heterocycles. The lowest BCUT2D eigenvalue weighted by molar-refractivity contribution is 0.150. The highest BCUT2D eigenvalue weighted by Crippen LogP contribution is 2.20. The Morgan fingerprint density at radius 2 is 1.85 bits per heavy atom. The van der Waals surface area contributed by atoms with Crippen LogP contribution in [0, 0.1) is 12.8 Å². The van der Waals surface area contributed by atoms with Gasteiger partial charge in [0.2, 0.25) is 0 Å². The summed E-state index contributed by atoms with van der Waals surface area (Å²) in [7, 11) is 3.92. The molecular formula is C22H32N2O2. The third-order valence-electron chi connectivity index (χ3n) is 5.37. The van der Waals surface area contributed by atoms with Crippen LogP contribution in [0.5, 0.6) is 5.75 Å².